The number of benzene rings is 1. The summed E-state index contributed by atoms with van der Waals surface area (Å²) in [4.78, 5) is 33.1. The van der Waals surface area contributed by atoms with Crippen molar-refractivity contribution in [2.24, 2.45) is 5.73 Å². The molecule has 0 aliphatic carbocycles. The molecule has 0 heterocycles. The second kappa shape index (κ2) is 7.25. The van der Waals surface area contributed by atoms with Gasteiger partial charge in [0.2, 0.25) is 11.8 Å². The lowest BCUT2D eigenvalue weighted by Gasteiger charge is -2.12. The fourth-order valence-corrected chi connectivity index (χ4v) is 1.52. The quantitative estimate of drug-likeness (QED) is 0.613. The standard InChI is InChI=1S/C13H17N3O4/c1-8(17)15-9-3-2-4-10(7-9)16-13(20)11(14)5-6-12(18)19/h2-4,7,11H,5-6,14H2,1H3,(H,15,17)(H,16,20)(H,18,19). The van der Waals surface area contributed by atoms with Crippen LogP contribution in [0.4, 0.5) is 11.4 Å². The van der Waals surface area contributed by atoms with Gasteiger partial charge in [-0.3, -0.25) is 14.4 Å². The molecule has 0 aromatic heterocycles. The number of carboxylic acid groups (broad SMARTS) is 1. The third-order valence-corrected chi connectivity index (χ3v) is 2.46. The van der Waals surface area contributed by atoms with E-state index in [-0.39, 0.29) is 18.7 Å². The molecule has 20 heavy (non-hydrogen) atoms. The predicted octanol–water partition coefficient (Wildman–Crippen LogP) is 0.776. The van der Waals surface area contributed by atoms with Gasteiger partial charge in [-0.1, -0.05) is 6.07 Å². The van der Waals surface area contributed by atoms with Gasteiger partial charge in [0.05, 0.1) is 6.04 Å². The normalized spacial score (nSPS) is 11.5. The smallest absolute Gasteiger partial charge is 0.303 e. The van der Waals surface area contributed by atoms with Gasteiger partial charge in [0.1, 0.15) is 0 Å². The molecule has 5 N–H and O–H groups in total. The zero-order chi connectivity index (χ0) is 15.1. The molecule has 0 radical (unpaired) electrons. The zero-order valence-electron chi connectivity index (χ0n) is 11.1. The number of carbonyl (C=O) groups excluding carboxylic acids is 2. The summed E-state index contributed by atoms with van der Waals surface area (Å²) in [5.41, 5.74) is 6.62. The molecule has 0 bridgehead atoms. The summed E-state index contributed by atoms with van der Waals surface area (Å²) in [5.74, 6) is -1.68. The second-order valence-corrected chi connectivity index (χ2v) is 4.29. The van der Waals surface area contributed by atoms with Gasteiger partial charge in [-0.25, -0.2) is 0 Å². The van der Waals surface area contributed by atoms with Crippen LogP contribution in [0, 0.1) is 0 Å². The number of nitrogens with two attached hydrogens (primary N) is 1. The van der Waals surface area contributed by atoms with Gasteiger partial charge in [-0.15, -0.1) is 0 Å². The van der Waals surface area contributed by atoms with Gasteiger partial charge in [0.25, 0.3) is 0 Å². The molecule has 0 aliphatic heterocycles. The molecule has 0 spiro atoms. The van der Waals surface area contributed by atoms with Crippen LogP contribution in [0.5, 0.6) is 0 Å². The summed E-state index contributed by atoms with van der Waals surface area (Å²) < 4.78 is 0. The zero-order valence-corrected chi connectivity index (χ0v) is 11.1. The van der Waals surface area contributed by atoms with E-state index in [1.165, 1.54) is 6.92 Å². The summed E-state index contributed by atoms with van der Waals surface area (Å²) >= 11 is 0. The fraction of sp³-hybridized carbons (Fsp3) is 0.308. The van der Waals surface area contributed by atoms with E-state index in [9.17, 15) is 14.4 Å². The lowest BCUT2D eigenvalue weighted by molar-refractivity contribution is -0.137. The molecule has 1 aromatic carbocycles. The van der Waals surface area contributed by atoms with Crippen LogP contribution in [0.2, 0.25) is 0 Å². The lowest BCUT2D eigenvalue weighted by Crippen LogP contribution is -2.36. The topological polar surface area (TPSA) is 122 Å². The Morgan fingerprint density at radius 1 is 1.25 bits per heavy atom. The van der Waals surface area contributed by atoms with E-state index in [4.69, 9.17) is 10.8 Å². The average Bonchev–Trinajstić information content (AvgIpc) is 2.35. The largest absolute Gasteiger partial charge is 0.481 e. The molecule has 0 saturated carbocycles. The molecular weight excluding hydrogens is 262 g/mol. The number of carbonyl (C=O) groups is 3. The van der Waals surface area contributed by atoms with E-state index in [0.717, 1.165) is 0 Å². The van der Waals surface area contributed by atoms with E-state index in [1.54, 1.807) is 24.3 Å². The van der Waals surface area contributed by atoms with Gasteiger partial charge < -0.3 is 21.5 Å². The number of amides is 2. The Hall–Kier alpha value is -2.41. The van der Waals surface area contributed by atoms with Crippen LogP contribution < -0.4 is 16.4 Å². The Kier molecular flexibility index (Phi) is 5.67. The second-order valence-electron chi connectivity index (χ2n) is 4.29. The van der Waals surface area contributed by atoms with Gasteiger partial charge in [-0.05, 0) is 24.6 Å². The first-order valence-corrected chi connectivity index (χ1v) is 6.04. The highest BCUT2D eigenvalue weighted by Gasteiger charge is 2.15. The Balaban J connectivity index is 2.61. The summed E-state index contributed by atoms with van der Waals surface area (Å²) in [6.45, 7) is 1.38. The highest BCUT2D eigenvalue weighted by Crippen LogP contribution is 2.15. The Morgan fingerprint density at radius 3 is 2.40 bits per heavy atom. The SMILES string of the molecule is CC(=O)Nc1cccc(NC(=O)C(N)CCC(=O)O)c1. The van der Waals surface area contributed by atoms with Crippen LogP contribution in [0.15, 0.2) is 24.3 Å². The van der Waals surface area contributed by atoms with Crippen molar-refractivity contribution in [1.82, 2.24) is 0 Å². The summed E-state index contributed by atoms with van der Waals surface area (Å²) in [7, 11) is 0. The average molecular weight is 279 g/mol. The van der Waals surface area contributed by atoms with Crippen LogP contribution in [-0.2, 0) is 14.4 Å². The number of hydrogen-bond acceptors (Lipinski definition) is 4. The molecule has 1 rings (SSSR count). The van der Waals surface area contributed by atoms with Crippen molar-refractivity contribution in [3.05, 3.63) is 24.3 Å². The molecule has 108 valence electrons. The van der Waals surface area contributed by atoms with Crippen LogP contribution in [0.1, 0.15) is 19.8 Å². The van der Waals surface area contributed by atoms with E-state index in [0.29, 0.717) is 11.4 Å². The molecule has 1 unspecified atom stereocenters. The van der Waals surface area contributed by atoms with Gasteiger partial charge >= 0.3 is 5.97 Å². The predicted molar refractivity (Wildman–Crippen MR) is 74.2 cm³/mol. The van der Waals surface area contributed by atoms with Gasteiger partial charge in [0, 0.05) is 24.7 Å². The molecule has 7 nitrogen and oxygen atoms in total. The number of aliphatic carboxylic acids is 1. The summed E-state index contributed by atoms with van der Waals surface area (Å²) in [6, 6.07) is 5.69. The number of hydrogen-bond donors (Lipinski definition) is 4. The minimum atomic E-state index is -0.999. The van der Waals surface area contributed by atoms with Crippen molar-refractivity contribution in [3.8, 4) is 0 Å². The third kappa shape index (κ3) is 5.49. The van der Waals surface area contributed by atoms with Crippen molar-refractivity contribution >= 4 is 29.2 Å². The molecule has 7 heteroatoms. The van der Waals surface area contributed by atoms with Crippen molar-refractivity contribution in [2.75, 3.05) is 10.6 Å². The molecule has 1 aromatic rings. The van der Waals surface area contributed by atoms with Crippen molar-refractivity contribution in [1.29, 1.82) is 0 Å². The van der Waals surface area contributed by atoms with Crippen LogP contribution in [0.25, 0.3) is 0 Å². The number of carboxylic acids is 1. The maximum absolute atomic E-state index is 11.7. The number of rotatable bonds is 6. The van der Waals surface area contributed by atoms with Crippen molar-refractivity contribution in [3.63, 3.8) is 0 Å². The van der Waals surface area contributed by atoms with E-state index < -0.39 is 17.9 Å². The number of anilines is 2. The number of nitrogens with one attached hydrogen (secondary N) is 2. The van der Waals surface area contributed by atoms with Crippen molar-refractivity contribution < 1.29 is 19.5 Å². The first-order chi connectivity index (χ1) is 9.38. The first-order valence-electron chi connectivity index (χ1n) is 6.04. The van der Waals surface area contributed by atoms with Gasteiger partial charge in [0.15, 0.2) is 0 Å². The summed E-state index contributed by atoms with van der Waals surface area (Å²) in [5, 5.41) is 13.7. The molecule has 1 atom stereocenters. The third-order valence-electron chi connectivity index (χ3n) is 2.46. The molecule has 0 saturated heterocycles. The Morgan fingerprint density at radius 2 is 1.85 bits per heavy atom. The summed E-state index contributed by atoms with van der Waals surface area (Å²) in [6.07, 6.45) is -0.104. The van der Waals surface area contributed by atoms with Crippen LogP contribution in [0.3, 0.4) is 0 Å². The van der Waals surface area contributed by atoms with E-state index in [2.05, 4.69) is 10.6 Å². The Labute approximate surface area is 116 Å². The van der Waals surface area contributed by atoms with Crippen LogP contribution >= 0.6 is 0 Å². The molecular formula is C13H17N3O4. The fourth-order valence-electron chi connectivity index (χ4n) is 1.52. The maximum atomic E-state index is 11.7. The highest BCUT2D eigenvalue weighted by molar-refractivity contribution is 5.96. The molecule has 0 aliphatic rings. The van der Waals surface area contributed by atoms with E-state index >= 15 is 0 Å². The lowest BCUT2D eigenvalue weighted by atomic mass is 10.1. The molecule has 0 fully saturated rings. The minimum absolute atomic E-state index is 0.0621. The van der Waals surface area contributed by atoms with E-state index in [1.807, 2.05) is 0 Å². The maximum Gasteiger partial charge on any atom is 0.303 e. The van der Waals surface area contributed by atoms with Gasteiger partial charge in [-0.2, -0.15) is 0 Å². The van der Waals surface area contributed by atoms with Crippen LogP contribution in [-0.4, -0.2) is 28.9 Å². The first kappa shape index (κ1) is 15.6. The van der Waals surface area contributed by atoms with Crippen molar-refractivity contribution in [2.45, 2.75) is 25.8 Å². The highest BCUT2D eigenvalue weighted by atomic mass is 16.4. The monoisotopic (exact) mass is 279 g/mol. The minimum Gasteiger partial charge on any atom is -0.481 e. The Bertz CT molecular complexity index is 516. The molecule has 2 amide bonds.